The molecule has 1 N–H and O–H groups in total. The maximum atomic E-state index is 12.8. The third kappa shape index (κ3) is 5.12. The number of carbonyl (C=O) groups excluding carboxylic acids is 1. The van der Waals surface area contributed by atoms with Crippen LogP contribution in [0.3, 0.4) is 0 Å². The van der Waals surface area contributed by atoms with Gasteiger partial charge in [0.2, 0.25) is 5.69 Å². The summed E-state index contributed by atoms with van der Waals surface area (Å²) in [7, 11) is 1.35. The number of nitrogens with zero attached hydrogens (tertiary/aromatic N) is 4. The number of carbonyl (C=O) groups is 1. The fourth-order valence-electron chi connectivity index (χ4n) is 4.07. The molecular formula is C25H29N5O3. The molecule has 1 aromatic heterocycles. The Balaban J connectivity index is 1.42. The van der Waals surface area contributed by atoms with E-state index in [0.29, 0.717) is 18.2 Å². The smallest absolute Gasteiger partial charge is 0.350 e. The van der Waals surface area contributed by atoms with Gasteiger partial charge in [-0.25, -0.2) is 4.79 Å². The molecule has 0 unspecified atom stereocenters. The molecule has 2 heterocycles. The topological polar surface area (TPSA) is 89.2 Å². The van der Waals surface area contributed by atoms with Crippen LogP contribution in [-0.4, -0.2) is 44.8 Å². The zero-order valence-corrected chi connectivity index (χ0v) is 19.2. The van der Waals surface area contributed by atoms with E-state index < -0.39 is 17.2 Å². The van der Waals surface area contributed by atoms with Crippen LogP contribution in [0.4, 0.5) is 0 Å². The van der Waals surface area contributed by atoms with Crippen LogP contribution in [0, 0.1) is 19.8 Å². The second-order valence-corrected chi connectivity index (χ2v) is 8.83. The second kappa shape index (κ2) is 9.54. The summed E-state index contributed by atoms with van der Waals surface area (Å²) in [6.07, 6.45) is 0.973. The highest BCUT2D eigenvalue weighted by atomic mass is 16.2. The molecule has 1 saturated heterocycles. The lowest BCUT2D eigenvalue weighted by molar-refractivity contribution is 0.0937. The Bertz CT molecular complexity index is 1260. The van der Waals surface area contributed by atoms with Gasteiger partial charge >= 0.3 is 5.69 Å². The molecule has 8 nitrogen and oxygen atoms in total. The Morgan fingerprint density at radius 2 is 1.67 bits per heavy atom. The molecule has 2 aromatic carbocycles. The van der Waals surface area contributed by atoms with Crippen molar-refractivity contribution in [1.82, 2.24) is 24.6 Å². The van der Waals surface area contributed by atoms with Gasteiger partial charge in [-0.3, -0.25) is 19.1 Å². The standard InChI is InChI=1S/C25H29N5O3/c1-17-4-8-19(9-5-17)15-29-13-12-20(16-29)14-26-23(31)22-24(32)28(3)25(33)30(27-22)21-10-6-18(2)7-11-21/h4-11,20H,12-16H2,1-3H3,(H,26,31)/t20-/m0/s1. The number of hydrogen-bond acceptors (Lipinski definition) is 5. The van der Waals surface area contributed by atoms with Crippen molar-refractivity contribution in [1.29, 1.82) is 0 Å². The molecule has 3 aromatic rings. The van der Waals surface area contributed by atoms with Gasteiger partial charge in [-0.1, -0.05) is 47.5 Å². The fourth-order valence-corrected chi connectivity index (χ4v) is 4.07. The van der Waals surface area contributed by atoms with Crippen molar-refractivity contribution in [3.63, 3.8) is 0 Å². The number of likely N-dealkylation sites (tertiary alicyclic amines) is 1. The summed E-state index contributed by atoms with van der Waals surface area (Å²) < 4.78 is 2.01. The van der Waals surface area contributed by atoms with Crippen LogP contribution >= 0.6 is 0 Å². The Morgan fingerprint density at radius 1 is 1.03 bits per heavy atom. The largest absolute Gasteiger partial charge is 0.351 e. The first kappa shape index (κ1) is 22.7. The van der Waals surface area contributed by atoms with Crippen molar-refractivity contribution in [2.75, 3.05) is 19.6 Å². The highest BCUT2D eigenvalue weighted by Gasteiger charge is 2.24. The van der Waals surface area contributed by atoms with Crippen LogP contribution < -0.4 is 16.6 Å². The Hall–Kier alpha value is -3.52. The zero-order chi connectivity index (χ0) is 23.5. The van der Waals surface area contributed by atoms with Gasteiger partial charge < -0.3 is 5.32 Å². The molecule has 33 heavy (non-hydrogen) atoms. The van der Waals surface area contributed by atoms with E-state index in [2.05, 4.69) is 46.5 Å². The van der Waals surface area contributed by atoms with Gasteiger partial charge in [0.25, 0.3) is 11.5 Å². The minimum atomic E-state index is -0.701. The second-order valence-electron chi connectivity index (χ2n) is 8.83. The van der Waals surface area contributed by atoms with Crippen molar-refractivity contribution in [2.24, 2.45) is 13.0 Å². The van der Waals surface area contributed by atoms with Gasteiger partial charge in [0.05, 0.1) is 5.69 Å². The fraction of sp³-hybridized carbons (Fsp3) is 0.360. The van der Waals surface area contributed by atoms with Crippen LogP contribution in [0.1, 0.15) is 33.6 Å². The summed E-state index contributed by atoms with van der Waals surface area (Å²) in [5.41, 5.74) is 2.47. The average Bonchev–Trinajstić information content (AvgIpc) is 3.26. The highest BCUT2D eigenvalue weighted by Crippen LogP contribution is 2.18. The van der Waals surface area contributed by atoms with E-state index in [1.54, 1.807) is 12.1 Å². The number of rotatable bonds is 6. The molecule has 0 aliphatic carbocycles. The number of amides is 1. The number of aromatic nitrogens is 3. The van der Waals surface area contributed by atoms with Gasteiger partial charge in [0, 0.05) is 26.7 Å². The number of aryl methyl sites for hydroxylation is 2. The number of benzene rings is 2. The first-order chi connectivity index (χ1) is 15.8. The minimum absolute atomic E-state index is 0.285. The molecule has 0 saturated carbocycles. The molecular weight excluding hydrogens is 418 g/mol. The lowest BCUT2D eigenvalue weighted by Gasteiger charge is -2.16. The van der Waals surface area contributed by atoms with Crippen LogP contribution in [0.15, 0.2) is 58.1 Å². The number of nitrogens with one attached hydrogen (secondary N) is 1. The van der Waals surface area contributed by atoms with E-state index in [4.69, 9.17) is 0 Å². The minimum Gasteiger partial charge on any atom is -0.350 e. The quantitative estimate of drug-likeness (QED) is 0.623. The highest BCUT2D eigenvalue weighted by molar-refractivity contribution is 5.91. The molecule has 4 rings (SSSR count). The van der Waals surface area contributed by atoms with E-state index in [0.717, 1.165) is 40.9 Å². The molecule has 1 aliphatic heterocycles. The summed E-state index contributed by atoms with van der Waals surface area (Å²) in [5, 5.41) is 6.96. The van der Waals surface area contributed by atoms with E-state index in [1.807, 2.05) is 19.1 Å². The van der Waals surface area contributed by atoms with E-state index in [1.165, 1.54) is 18.2 Å². The Labute approximate surface area is 192 Å². The molecule has 0 radical (unpaired) electrons. The van der Waals surface area contributed by atoms with Crippen molar-refractivity contribution < 1.29 is 4.79 Å². The molecule has 1 amide bonds. The monoisotopic (exact) mass is 447 g/mol. The first-order valence-electron chi connectivity index (χ1n) is 11.2. The first-order valence-corrected chi connectivity index (χ1v) is 11.2. The van der Waals surface area contributed by atoms with Gasteiger partial charge in [0.1, 0.15) is 0 Å². The third-order valence-corrected chi connectivity index (χ3v) is 6.12. The lowest BCUT2D eigenvalue weighted by atomic mass is 10.1. The predicted octanol–water partition coefficient (Wildman–Crippen LogP) is 1.80. The Morgan fingerprint density at radius 3 is 2.33 bits per heavy atom. The molecule has 172 valence electrons. The van der Waals surface area contributed by atoms with Crippen LogP contribution in [0.25, 0.3) is 5.69 Å². The molecule has 0 spiro atoms. The average molecular weight is 448 g/mol. The maximum Gasteiger partial charge on any atom is 0.351 e. The maximum absolute atomic E-state index is 12.8. The van der Waals surface area contributed by atoms with Crippen molar-refractivity contribution in [2.45, 2.75) is 26.8 Å². The molecule has 1 atom stereocenters. The molecule has 1 aliphatic rings. The summed E-state index contributed by atoms with van der Waals surface area (Å²) in [5.74, 6) is -0.264. The van der Waals surface area contributed by atoms with Crippen molar-refractivity contribution in [3.05, 3.63) is 91.8 Å². The van der Waals surface area contributed by atoms with Crippen LogP contribution in [0.2, 0.25) is 0 Å². The summed E-state index contributed by atoms with van der Waals surface area (Å²) in [4.78, 5) is 40.3. The van der Waals surface area contributed by atoms with Crippen LogP contribution in [0.5, 0.6) is 0 Å². The van der Waals surface area contributed by atoms with Gasteiger partial charge in [0.15, 0.2) is 0 Å². The van der Waals surface area contributed by atoms with E-state index >= 15 is 0 Å². The van der Waals surface area contributed by atoms with E-state index in [-0.39, 0.29) is 5.69 Å². The summed E-state index contributed by atoms with van der Waals surface area (Å²) in [6.45, 7) is 7.19. The van der Waals surface area contributed by atoms with Gasteiger partial charge in [-0.2, -0.15) is 9.78 Å². The Kier molecular flexibility index (Phi) is 6.55. The SMILES string of the molecule is Cc1ccc(CN2CC[C@@H](CNC(=O)c3nn(-c4ccc(C)cc4)c(=O)n(C)c3=O)C2)cc1. The van der Waals surface area contributed by atoms with Gasteiger partial charge in [-0.15, -0.1) is 0 Å². The number of hydrogen-bond donors (Lipinski definition) is 1. The summed E-state index contributed by atoms with van der Waals surface area (Å²) in [6, 6.07) is 15.7. The summed E-state index contributed by atoms with van der Waals surface area (Å²) >= 11 is 0. The molecule has 0 bridgehead atoms. The third-order valence-electron chi connectivity index (χ3n) is 6.12. The molecule has 8 heteroatoms. The van der Waals surface area contributed by atoms with E-state index in [9.17, 15) is 14.4 Å². The molecule has 1 fully saturated rings. The van der Waals surface area contributed by atoms with Crippen molar-refractivity contribution >= 4 is 5.91 Å². The normalized spacial score (nSPS) is 16.2. The van der Waals surface area contributed by atoms with Crippen molar-refractivity contribution in [3.8, 4) is 5.69 Å². The predicted molar refractivity (Wildman–Crippen MR) is 127 cm³/mol. The van der Waals surface area contributed by atoms with Gasteiger partial charge in [-0.05, 0) is 50.4 Å². The lowest BCUT2D eigenvalue weighted by Crippen LogP contribution is -2.45. The van der Waals surface area contributed by atoms with Crippen LogP contribution in [-0.2, 0) is 13.6 Å². The zero-order valence-electron chi connectivity index (χ0n) is 19.2.